The highest BCUT2D eigenvalue weighted by atomic mass is 32.1. The van der Waals surface area contributed by atoms with Gasteiger partial charge in [0.2, 0.25) is 5.91 Å². The fraction of sp³-hybridized carbons (Fsp3) is 0.565. The first kappa shape index (κ1) is 45.1. The Kier molecular flexibility index (Phi) is 13.2. The number of benzene rings is 1. The van der Waals surface area contributed by atoms with Gasteiger partial charge < -0.3 is 33.9 Å². The molecule has 334 valence electrons. The molecule has 62 heavy (non-hydrogen) atoms. The zero-order valence-electron chi connectivity index (χ0n) is 37.7. The van der Waals surface area contributed by atoms with Crippen molar-refractivity contribution in [3.63, 3.8) is 0 Å². The van der Waals surface area contributed by atoms with Crippen LogP contribution in [0.25, 0.3) is 33.4 Å². The van der Waals surface area contributed by atoms with Crippen molar-refractivity contribution in [2.45, 2.75) is 111 Å². The van der Waals surface area contributed by atoms with Crippen molar-refractivity contribution in [1.29, 1.82) is 0 Å². The Morgan fingerprint density at radius 2 is 1.89 bits per heavy atom. The molecule has 15 nitrogen and oxygen atoms in total. The zero-order valence-corrected chi connectivity index (χ0v) is 38.6. The summed E-state index contributed by atoms with van der Waals surface area (Å²) in [4.78, 5) is 69.3. The van der Waals surface area contributed by atoms with Gasteiger partial charge >= 0.3 is 12.0 Å². The summed E-state index contributed by atoms with van der Waals surface area (Å²) in [5, 5.41) is 8.15. The van der Waals surface area contributed by atoms with E-state index in [1.54, 1.807) is 32.4 Å². The number of nitrogens with zero attached hydrogens (tertiary/aromatic N) is 6. The van der Waals surface area contributed by atoms with Crippen LogP contribution in [0.5, 0.6) is 0 Å². The number of aryl methyl sites for hydroxylation is 1. The monoisotopic (exact) mass is 870 g/mol. The number of amides is 4. The molecular formula is C46H62N8O7S. The van der Waals surface area contributed by atoms with Crippen LogP contribution in [0.3, 0.4) is 0 Å². The number of fused-ring (bicyclic) bond motifs is 6. The minimum atomic E-state index is -1.05. The Balaban J connectivity index is 1.28. The minimum absolute atomic E-state index is 0.100. The van der Waals surface area contributed by atoms with Crippen LogP contribution < -0.4 is 10.7 Å². The molecule has 1 aromatic carbocycles. The van der Waals surface area contributed by atoms with Crippen molar-refractivity contribution < 1.29 is 33.4 Å². The maximum atomic E-state index is 14.5. The number of carbonyl (C=O) groups is 4. The van der Waals surface area contributed by atoms with E-state index in [2.05, 4.69) is 60.3 Å². The van der Waals surface area contributed by atoms with Crippen molar-refractivity contribution in [2.75, 3.05) is 47.5 Å². The summed E-state index contributed by atoms with van der Waals surface area (Å²) >= 11 is 1.42. The number of likely N-dealkylation sites (N-methyl/N-ethyl adjacent to an activating group) is 1. The van der Waals surface area contributed by atoms with Crippen molar-refractivity contribution >= 4 is 46.1 Å². The second-order valence-electron chi connectivity index (χ2n) is 18.4. The predicted molar refractivity (Wildman–Crippen MR) is 238 cm³/mol. The largest absolute Gasteiger partial charge is 0.464 e. The van der Waals surface area contributed by atoms with Gasteiger partial charge in [0.15, 0.2) is 0 Å². The molecule has 1 unspecified atom stereocenters. The summed E-state index contributed by atoms with van der Waals surface area (Å²) in [6, 6.07) is 7.46. The van der Waals surface area contributed by atoms with Gasteiger partial charge in [0.1, 0.15) is 23.7 Å². The highest BCUT2D eigenvalue weighted by molar-refractivity contribution is 7.10. The Morgan fingerprint density at radius 3 is 2.58 bits per heavy atom. The first-order valence-electron chi connectivity index (χ1n) is 21.7. The fourth-order valence-corrected chi connectivity index (χ4v) is 9.96. The molecule has 6 heterocycles. The number of rotatable bonds is 9. The van der Waals surface area contributed by atoms with E-state index in [9.17, 15) is 19.2 Å². The van der Waals surface area contributed by atoms with Gasteiger partial charge in [-0.2, -0.15) is 0 Å². The second kappa shape index (κ2) is 18.1. The lowest BCUT2D eigenvalue weighted by Gasteiger charge is -2.48. The Bertz CT molecular complexity index is 2320. The van der Waals surface area contributed by atoms with E-state index >= 15 is 0 Å². The highest BCUT2D eigenvalue weighted by Gasteiger charge is 2.45. The van der Waals surface area contributed by atoms with Crippen LogP contribution in [0, 0.1) is 11.3 Å². The summed E-state index contributed by atoms with van der Waals surface area (Å²) in [5.74, 6) is -1.57. The molecule has 0 radical (unpaired) electrons. The third kappa shape index (κ3) is 8.97. The molecule has 0 saturated carbocycles. The van der Waals surface area contributed by atoms with E-state index in [0.29, 0.717) is 50.4 Å². The van der Waals surface area contributed by atoms with E-state index < -0.39 is 46.9 Å². The molecule has 16 heteroatoms. The molecular weight excluding hydrogens is 809 g/mol. The number of urea groups is 1. The summed E-state index contributed by atoms with van der Waals surface area (Å²) < 4.78 is 19.8. The van der Waals surface area contributed by atoms with Gasteiger partial charge in [0, 0.05) is 79.8 Å². The van der Waals surface area contributed by atoms with E-state index in [1.165, 1.54) is 21.2 Å². The molecule has 0 spiro atoms. The molecule has 4 amide bonds. The van der Waals surface area contributed by atoms with Crippen LogP contribution in [0.15, 0.2) is 41.9 Å². The number of pyridine rings is 1. The second-order valence-corrected chi connectivity index (χ2v) is 19.3. The first-order chi connectivity index (χ1) is 29.5. The van der Waals surface area contributed by atoms with Crippen molar-refractivity contribution in [1.82, 2.24) is 40.1 Å². The van der Waals surface area contributed by atoms with Gasteiger partial charge in [-0.3, -0.25) is 24.4 Å². The third-order valence-corrected chi connectivity index (χ3v) is 13.5. The molecule has 4 atom stereocenters. The molecule has 3 aliphatic heterocycles. The molecule has 6 bridgehead atoms. The number of thiazole rings is 1. The topological polar surface area (TPSA) is 160 Å². The number of esters is 1. The lowest BCUT2D eigenvalue weighted by Crippen LogP contribution is -2.67. The number of hydrogen-bond donors (Lipinski definition) is 2. The smallest absolute Gasteiger partial charge is 0.324 e. The number of nitrogens with one attached hydrogen (secondary N) is 2. The van der Waals surface area contributed by atoms with Crippen LogP contribution >= 0.6 is 11.3 Å². The summed E-state index contributed by atoms with van der Waals surface area (Å²) in [6.45, 7) is 16.0. The lowest BCUT2D eigenvalue weighted by molar-refractivity contribution is -0.155. The van der Waals surface area contributed by atoms with Crippen LogP contribution in [0.4, 0.5) is 4.79 Å². The zero-order chi connectivity index (χ0) is 44.7. The van der Waals surface area contributed by atoms with Crippen molar-refractivity contribution in [3.05, 3.63) is 58.2 Å². The average Bonchev–Trinajstić information content (AvgIpc) is 3.84. The van der Waals surface area contributed by atoms with Gasteiger partial charge in [-0.25, -0.2) is 15.2 Å². The Morgan fingerprint density at radius 1 is 1.13 bits per heavy atom. The fourth-order valence-electron chi connectivity index (χ4n) is 9.11. The van der Waals surface area contributed by atoms with Gasteiger partial charge in [-0.15, -0.1) is 11.3 Å². The number of aromatic nitrogens is 3. The molecule has 0 aliphatic carbocycles. The summed E-state index contributed by atoms with van der Waals surface area (Å²) in [5.41, 5.74) is 8.92. The van der Waals surface area contributed by atoms with E-state index in [4.69, 9.17) is 24.2 Å². The number of likely N-dealkylation sites (tertiary alicyclic amines) is 1. The maximum absolute atomic E-state index is 14.5. The highest BCUT2D eigenvalue weighted by Crippen LogP contribution is 2.42. The molecule has 3 aromatic heterocycles. The van der Waals surface area contributed by atoms with E-state index in [0.717, 1.165) is 44.7 Å². The van der Waals surface area contributed by atoms with Crippen molar-refractivity contribution in [2.24, 2.45) is 11.3 Å². The minimum Gasteiger partial charge on any atom is -0.464 e. The molecule has 3 aliphatic rings. The van der Waals surface area contributed by atoms with Crippen LogP contribution in [-0.2, 0) is 48.0 Å². The lowest BCUT2D eigenvalue weighted by atomic mass is 9.84. The van der Waals surface area contributed by atoms with E-state index in [-0.39, 0.29) is 31.1 Å². The van der Waals surface area contributed by atoms with Gasteiger partial charge in [0.05, 0.1) is 47.9 Å². The number of ether oxygens (including phenoxy) is 3. The Labute approximate surface area is 368 Å². The van der Waals surface area contributed by atoms with Crippen molar-refractivity contribution in [3.8, 4) is 22.5 Å². The first-order valence-corrected chi connectivity index (χ1v) is 22.6. The maximum Gasteiger partial charge on any atom is 0.324 e. The predicted octanol–water partition coefficient (Wildman–Crippen LogP) is 6.00. The standard InChI is InChI=1S/C46H62N8O7S/c1-11-53-36-17-16-29-20-31(36)32(40(53)30-14-12-18-47-38(30)28(4)59-9)22-45(5,6)26-61-43(57)33-15-13-19-54(50-33)42(56)34(21-37-48-35(29)23-62-37)49-41(55)39(27(2)3)51(8)44(58)52-24-46(7,25-52)60-10/h12,14,16-18,20,23,27-28,33-34,39,50H,11,13,15,19,21-22,24-26H2,1-10H3,(H,49,55)/t28-,33-,34-,39?/m0/s1. The number of hydrazine groups is 1. The molecule has 2 fully saturated rings. The number of cyclic esters (lactones) is 1. The normalized spacial score (nSPS) is 21.2. The number of methoxy groups -OCH3 is 2. The van der Waals surface area contributed by atoms with E-state index in [1.807, 2.05) is 39.1 Å². The third-order valence-electron chi connectivity index (χ3n) is 12.6. The number of hydrogen-bond acceptors (Lipinski definition) is 11. The SMILES string of the molecule is CCn1c(-c2cccnc2[C@H](C)OC)c2c3cc(ccc31)-c1csc(n1)C[C@H](NC(=O)C(C(C)C)N(C)C(=O)N1CC(C)(OC)C1)C(=O)N1CCC[C@H](N1)C(=O)OCC(C)(C)C2. The van der Waals surface area contributed by atoms with Crippen LogP contribution in [-0.4, -0.2) is 124 Å². The van der Waals surface area contributed by atoms with Gasteiger partial charge in [-0.1, -0.05) is 33.8 Å². The quantitative estimate of drug-likeness (QED) is 0.191. The number of carbonyl (C=O) groups excluding carboxylic acids is 4. The van der Waals surface area contributed by atoms with Crippen LogP contribution in [0.2, 0.25) is 0 Å². The van der Waals surface area contributed by atoms with Crippen LogP contribution in [0.1, 0.15) is 83.7 Å². The Hall–Kier alpha value is -4.90. The molecule has 7 rings (SSSR count). The average molecular weight is 871 g/mol. The summed E-state index contributed by atoms with van der Waals surface area (Å²) in [6.07, 6.45) is 3.27. The molecule has 2 saturated heterocycles. The van der Waals surface area contributed by atoms with Gasteiger partial charge in [0.25, 0.3) is 5.91 Å². The molecule has 2 N–H and O–H groups in total. The summed E-state index contributed by atoms with van der Waals surface area (Å²) in [7, 11) is 4.93. The molecule has 4 aromatic rings. The van der Waals surface area contributed by atoms with Gasteiger partial charge in [-0.05, 0) is 75.8 Å².